The summed E-state index contributed by atoms with van der Waals surface area (Å²) < 4.78 is 0. The smallest absolute Gasteiger partial charge is 0.191 e. The van der Waals surface area contributed by atoms with Gasteiger partial charge in [0.25, 0.3) is 0 Å². The molecule has 0 radical (unpaired) electrons. The van der Waals surface area contributed by atoms with E-state index in [-0.39, 0.29) is 30.1 Å². The minimum atomic E-state index is -0.382. The number of nitrogens with one attached hydrogen (secondary N) is 2. The Morgan fingerprint density at radius 1 is 1.24 bits per heavy atom. The van der Waals surface area contributed by atoms with Crippen molar-refractivity contribution in [2.24, 2.45) is 4.99 Å². The van der Waals surface area contributed by atoms with E-state index in [1.165, 1.54) is 11.1 Å². The second kappa shape index (κ2) is 11.8. The first kappa shape index (κ1) is 20.2. The molecule has 0 spiro atoms. The summed E-state index contributed by atoms with van der Waals surface area (Å²) >= 11 is 0. The molecule has 0 saturated heterocycles. The van der Waals surface area contributed by atoms with Crippen LogP contribution in [0.5, 0.6) is 0 Å². The van der Waals surface area contributed by atoms with Crippen LogP contribution in [-0.4, -0.2) is 30.3 Å². The molecule has 120 valence electrons. The standard InChI is InChI=1S/C16H27N3O.HI/c1-4-5-10-17-16(18-11-14(3)20)19-12-15-8-6-13(2)7-9-15;/h6-9,14,20H,4-5,10-12H2,1-3H3,(H2,17,18,19);1H. The summed E-state index contributed by atoms with van der Waals surface area (Å²) in [5.74, 6) is 0.764. The number of aliphatic hydroxyl groups excluding tert-OH is 1. The van der Waals surface area contributed by atoms with Gasteiger partial charge in [-0.1, -0.05) is 43.2 Å². The average Bonchev–Trinajstić information content (AvgIpc) is 2.43. The molecular weight excluding hydrogens is 377 g/mol. The third-order valence-corrected chi connectivity index (χ3v) is 2.93. The van der Waals surface area contributed by atoms with Crippen LogP contribution in [0, 0.1) is 6.92 Å². The Labute approximate surface area is 145 Å². The van der Waals surface area contributed by atoms with Crippen LogP contribution in [0.25, 0.3) is 0 Å². The molecule has 4 nitrogen and oxygen atoms in total. The van der Waals surface area contributed by atoms with Gasteiger partial charge in [0.05, 0.1) is 12.6 Å². The minimum Gasteiger partial charge on any atom is -0.392 e. The fourth-order valence-corrected chi connectivity index (χ4v) is 1.67. The zero-order valence-electron chi connectivity index (χ0n) is 13.2. The molecule has 0 aromatic heterocycles. The Balaban J connectivity index is 0.00000400. The van der Waals surface area contributed by atoms with Crippen LogP contribution in [0.3, 0.4) is 0 Å². The zero-order chi connectivity index (χ0) is 14.8. The van der Waals surface area contributed by atoms with E-state index < -0.39 is 0 Å². The number of nitrogens with zero attached hydrogens (tertiary/aromatic N) is 1. The lowest BCUT2D eigenvalue weighted by Crippen LogP contribution is -2.41. The van der Waals surface area contributed by atoms with Gasteiger partial charge in [0, 0.05) is 13.1 Å². The maximum absolute atomic E-state index is 9.34. The molecule has 1 atom stereocenters. The summed E-state index contributed by atoms with van der Waals surface area (Å²) in [6.07, 6.45) is 1.88. The number of aliphatic imine (C=N–C) groups is 1. The highest BCUT2D eigenvalue weighted by Gasteiger charge is 2.00. The van der Waals surface area contributed by atoms with Crippen LogP contribution >= 0.6 is 24.0 Å². The predicted octanol–water partition coefficient (Wildman–Crippen LogP) is 2.83. The van der Waals surface area contributed by atoms with E-state index in [0.29, 0.717) is 13.1 Å². The highest BCUT2D eigenvalue weighted by Crippen LogP contribution is 2.04. The first-order valence-electron chi connectivity index (χ1n) is 7.37. The summed E-state index contributed by atoms with van der Waals surface area (Å²) in [5, 5.41) is 15.8. The second-order valence-electron chi connectivity index (χ2n) is 5.16. The molecule has 0 fully saturated rings. The number of hydrogen-bond acceptors (Lipinski definition) is 2. The van der Waals surface area contributed by atoms with Crippen LogP contribution in [0.2, 0.25) is 0 Å². The summed E-state index contributed by atoms with van der Waals surface area (Å²) in [4.78, 5) is 4.55. The first-order valence-corrected chi connectivity index (χ1v) is 7.37. The van der Waals surface area contributed by atoms with E-state index in [1.807, 2.05) is 0 Å². The summed E-state index contributed by atoms with van der Waals surface area (Å²) in [6, 6.07) is 8.38. The molecular formula is C16H28IN3O. The van der Waals surface area contributed by atoms with Crippen LogP contribution in [0.4, 0.5) is 0 Å². The monoisotopic (exact) mass is 405 g/mol. The van der Waals surface area contributed by atoms with Gasteiger partial charge < -0.3 is 15.7 Å². The molecule has 0 aliphatic carbocycles. The summed E-state index contributed by atoms with van der Waals surface area (Å²) in [7, 11) is 0. The SMILES string of the molecule is CCCCNC(=NCc1ccc(C)cc1)NCC(C)O.I. The van der Waals surface area contributed by atoms with Gasteiger partial charge >= 0.3 is 0 Å². The van der Waals surface area contributed by atoms with Crippen molar-refractivity contribution < 1.29 is 5.11 Å². The predicted molar refractivity (Wildman–Crippen MR) is 100 cm³/mol. The molecule has 0 amide bonds. The van der Waals surface area contributed by atoms with Gasteiger partial charge in [-0.2, -0.15) is 0 Å². The van der Waals surface area contributed by atoms with Gasteiger partial charge in [0.15, 0.2) is 5.96 Å². The van der Waals surface area contributed by atoms with Crippen molar-refractivity contribution in [3.05, 3.63) is 35.4 Å². The van der Waals surface area contributed by atoms with E-state index in [9.17, 15) is 5.11 Å². The lowest BCUT2D eigenvalue weighted by molar-refractivity contribution is 0.197. The largest absolute Gasteiger partial charge is 0.392 e. The van der Waals surface area contributed by atoms with E-state index in [2.05, 4.69) is 53.7 Å². The van der Waals surface area contributed by atoms with Crippen molar-refractivity contribution in [1.82, 2.24) is 10.6 Å². The van der Waals surface area contributed by atoms with Gasteiger partial charge in [0.1, 0.15) is 0 Å². The molecule has 0 aliphatic rings. The molecule has 21 heavy (non-hydrogen) atoms. The number of unbranched alkanes of at least 4 members (excludes halogenated alkanes) is 1. The van der Waals surface area contributed by atoms with E-state index in [1.54, 1.807) is 6.92 Å². The van der Waals surface area contributed by atoms with Gasteiger partial charge in [-0.15, -0.1) is 24.0 Å². The maximum atomic E-state index is 9.34. The third-order valence-electron chi connectivity index (χ3n) is 2.93. The Kier molecular flexibility index (Phi) is 11.3. The summed E-state index contributed by atoms with van der Waals surface area (Å²) in [5.41, 5.74) is 2.44. The highest BCUT2D eigenvalue weighted by molar-refractivity contribution is 14.0. The molecule has 1 unspecified atom stereocenters. The van der Waals surface area contributed by atoms with E-state index in [0.717, 1.165) is 25.3 Å². The Morgan fingerprint density at radius 3 is 2.48 bits per heavy atom. The van der Waals surface area contributed by atoms with Crippen LogP contribution in [0.15, 0.2) is 29.3 Å². The van der Waals surface area contributed by atoms with Crippen LogP contribution in [-0.2, 0) is 6.54 Å². The summed E-state index contributed by atoms with van der Waals surface area (Å²) in [6.45, 7) is 8.04. The van der Waals surface area contributed by atoms with E-state index >= 15 is 0 Å². The third kappa shape index (κ3) is 9.68. The number of benzene rings is 1. The van der Waals surface area contributed by atoms with Crippen molar-refractivity contribution in [2.75, 3.05) is 13.1 Å². The number of aliphatic hydroxyl groups is 1. The number of rotatable bonds is 7. The number of aryl methyl sites for hydroxylation is 1. The molecule has 0 bridgehead atoms. The van der Waals surface area contributed by atoms with Gasteiger partial charge in [-0.25, -0.2) is 4.99 Å². The molecule has 1 aromatic rings. The lowest BCUT2D eigenvalue weighted by atomic mass is 10.1. The first-order chi connectivity index (χ1) is 9.61. The topological polar surface area (TPSA) is 56.7 Å². The molecule has 1 rings (SSSR count). The number of guanidine groups is 1. The van der Waals surface area contributed by atoms with Crippen molar-refractivity contribution in [1.29, 1.82) is 0 Å². The molecule has 0 heterocycles. The fraction of sp³-hybridized carbons (Fsp3) is 0.562. The van der Waals surface area contributed by atoms with Crippen molar-refractivity contribution >= 4 is 29.9 Å². The molecule has 3 N–H and O–H groups in total. The molecule has 1 aromatic carbocycles. The minimum absolute atomic E-state index is 0. The Hall–Kier alpha value is -0.820. The van der Waals surface area contributed by atoms with Crippen molar-refractivity contribution in [3.63, 3.8) is 0 Å². The lowest BCUT2D eigenvalue weighted by Gasteiger charge is -2.13. The average molecular weight is 405 g/mol. The quantitative estimate of drug-likeness (QED) is 0.283. The fourth-order valence-electron chi connectivity index (χ4n) is 1.67. The molecule has 5 heteroatoms. The van der Waals surface area contributed by atoms with Crippen molar-refractivity contribution in [3.8, 4) is 0 Å². The number of hydrogen-bond donors (Lipinski definition) is 3. The van der Waals surface area contributed by atoms with Crippen LogP contribution in [0.1, 0.15) is 37.8 Å². The van der Waals surface area contributed by atoms with E-state index in [4.69, 9.17) is 0 Å². The van der Waals surface area contributed by atoms with Gasteiger partial charge in [-0.3, -0.25) is 0 Å². The van der Waals surface area contributed by atoms with Gasteiger partial charge in [0.2, 0.25) is 0 Å². The Morgan fingerprint density at radius 2 is 1.90 bits per heavy atom. The highest BCUT2D eigenvalue weighted by atomic mass is 127. The van der Waals surface area contributed by atoms with Crippen molar-refractivity contribution in [2.45, 2.75) is 46.3 Å². The number of halogens is 1. The molecule has 0 saturated carbocycles. The Bertz CT molecular complexity index is 404. The van der Waals surface area contributed by atoms with Crippen LogP contribution < -0.4 is 10.6 Å². The zero-order valence-corrected chi connectivity index (χ0v) is 15.6. The normalized spacial score (nSPS) is 12.5. The second-order valence-corrected chi connectivity index (χ2v) is 5.16. The van der Waals surface area contributed by atoms with Gasteiger partial charge in [-0.05, 0) is 25.8 Å². The molecule has 0 aliphatic heterocycles. The maximum Gasteiger partial charge on any atom is 0.191 e.